The zero-order valence-corrected chi connectivity index (χ0v) is 17.6. The Hall–Kier alpha value is -1.94. The minimum atomic E-state index is -0.492. The second-order valence-electron chi connectivity index (χ2n) is 6.56. The van der Waals surface area contributed by atoms with Crippen molar-refractivity contribution in [1.29, 1.82) is 0 Å². The molecule has 28 heavy (non-hydrogen) atoms. The summed E-state index contributed by atoms with van der Waals surface area (Å²) in [6.45, 7) is 6.56. The maximum absolute atomic E-state index is 12.5. The van der Waals surface area contributed by atoms with Crippen molar-refractivity contribution in [3.63, 3.8) is 0 Å². The second kappa shape index (κ2) is 9.51. The van der Waals surface area contributed by atoms with E-state index < -0.39 is 5.97 Å². The number of anilines is 1. The lowest BCUT2D eigenvalue weighted by Crippen LogP contribution is -2.48. The Bertz CT molecular complexity index is 829. The van der Waals surface area contributed by atoms with E-state index in [0.717, 1.165) is 37.1 Å². The minimum absolute atomic E-state index is 0.173. The number of piperazine rings is 1. The molecule has 1 amide bonds. The number of aromatic nitrogens is 2. The summed E-state index contributed by atoms with van der Waals surface area (Å²) in [6, 6.07) is 3.98. The summed E-state index contributed by atoms with van der Waals surface area (Å²) in [5.41, 5.74) is 0.261. The number of halogens is 1. The third kappa shape index (κ3) is 5.32. The number of amides is 1. The van der Waals surface area contributed by atoms with Gasteiger partial charge in [-0.2, -0.15) is 5.10 Å². The van der Waals surface area contributed by atoms with Gasteiger partial charge in [-0.3, -0.25) is 19.3 Å². The molecule has 1 aliphatic heterocycles. The van der Waals surface area contributed by atoms with Crippen LogP contribution in [0, 0.1) is 0 Å². The normalized spacial score (nSPS) is 15.5. The van der Waals surface area contributed by atoms with Crippen molar-refractivity contribution >= 4 is 40.6 Å². The zero-order valence-electron chi connectivity index (χ0n) is 16.0. The number of hydrogen-bond acceptors (Lipinski definition) is 7. The van der Waals surface area contributed by atoms with Crippen LogP contribution in [0.3, 0.4) is 0 Å². The molecule has 1 saturated heterocycles. The van der Waals surface area contributed by atoms with E-state index in [1.54, 1.807) is 25.3 Å². The second-order valence-corrected chi connectivity index (χ2v) is 8.36. The van der Waals surface area contributed by atoms with Crippen LogP contribution in [0.25, 0.3) is 0 Å². The van der Waals surface area contributed by atoms with Crippen molar-refractivity contribution in [1.82, 2.24) is 19.6 Å². The van der Waals surface area contributed by atoms with Gasteiger partial charge in [0, 0.05) is 44.6 Å². The fourth-order valence-electron chi connectivity index (χ4n) is 3.08. The molecule has 8 nitrogen and oxygen atoms in total. The number of nitrogens with one attached hydrogen (secondary N) is 1. The molecule has 0 unspecified atom stereocenters. The van der Waals surface area contributed by atoms with Gasteiger partial charge in [0.15, 0.2) is 0 Å². The van der Waals surface area contributed by atoms with Gasteiger partial charge in [0.2, 0.25) is 5.91 Å². The third-order valence-electron chi connectivity index (χ3n) is 4.53. The number of hydrogen-bond donors (Lipinski definition) is 1. The van der Waals surface area contributed by atoms with E-state index >= 15 is 0 Å². The van der Waals surface area contributed by atoms with Gasteiger partial charge in [0.1, 0.15) is 11.4 Å². The summed E-state index contributed by atoms with van der Waals surface area (Å²) in [4.78, 5) is 30.2. The van der Waals surface area contributed by atoms with Crippen molar-refractivity contribution in [2.24, 2.45) is 7.05 Å². The third-order valence-corrected chi connectivity index (χ3v) is 5.75. The summed E-state index contributed by atoms with van der Waals surface area (Å²) in [5.74, 6) is -0.308. The maximum Gasteiger partial charge on any atom is 0.343 e. The predicted molar refractivity (Wildman–Crippen MR) is 109 cm³/mol. The molecule has 0 aliphatic carbocycles. The zero-order chi connectivity index (χ0) is 20.1. The van der Waals surface area contributed by atoms with Crippen molar-refractivity contribution in [2.45, 2.75) is 13.5 Å². The molecule has 1 aliphatic rings. The summed E-state index contributed by atoms with van der Waals surface area (Å²) in [7, 11) is 1.67. The van der Waals surface area contributed by atoms with E-state index in [4.69, 9.17) is 16.3 Å². The van der Waals surface area contributed by atoms with Gasteiger partial charge >= 0.3 is 5.97 Å². The summed E-state index contributed by atoms with van der Waals surface area (Å²) in [6.07, 6.45) is 1.41. The lowest BCUT2D eigenvalue weighted by molar-refractivity contribution is -0.117. The molecule has 0 atom stereocenters. The highest BCUT2D eigenvalue weighted by molar-refractivity contribution is 7.16. The van der Waals surface area contributed by atoms with Gasteiger partial charge in [-0.25, -0.2) is 4.79 Å². The molecular formula is C18H24ClN5O3S. The Kier molecular flexibility index (Phi) is 7.06. The molecule has 3 heterocycles. The van der Waals surface area contributed by atoms with E-state index in [-0.39, 0.29) is 24.6 Å². The molecule has 2 aromatic heterocycles. The lowest BCUT2D eigenvalue weighted by atomic mass is 10.3. The largest absolute Gasteiger partial charge is 0.462 e. The van der Waals surface area contributed by atoms with E-state index in [2.05, 4.69) is 26.3 Å². The number of aryl methyl sites for hydroxylation is 1. The Balaban J connectivity index is 1.49. The fourth-order valence-corrected chi connectivity index (χ4v) is 4.21. The monoisotopic (exact) mass is 425 g/mol. The highest BCUT2D eigenvalue weighted by Crippen LogP contribution is 2.23. The van der Waals surface area contributed by atoms with Gasteiger partial charge in [0.05, 0.1) is 23.7 Å². The molecule has 3 rings (SSSR count). The standard InChI is InChI=1S/C18H24ClN5O3S/c1-3-27-18(26)14-10-20-22(2)17(14)21-16(25)12-24-8-6-23(7-9-24)11-13-4-5-15(19)28-13/h4-5,10H,3,6-9,11-12H2,1-2H3,(H,21,25). The van der Waals surface area contributed by atoms with Crippen LogP contribution < -0.4 is 5.32 Å². The van der Waals surface area contributed by atoms with Crippen LogP contribution in [0.5, 0.6) is 0 Å². The van der Waals surface area contributed by atoms with Crippen LogP contribution in [-0.4, -0.2) is 70.8 Å². The molecule has 1 N–H and O–H groups in total. The Morgan fingerprint density at radius 3 is 2.61 bits per heavy atom. The van der Waals surface area contributed by atoms with E-state index in [0.29, 0.717) is 5.82 Å². The van der Waals surface area contributed by atoms with Gasteiger partial charge in [-0.1, -0.05) is 11.6 Å². The molecule has 10 heteroatoms. The molecule has 0 aromatic carbocycles. The van der Waals surface area contributed by atoms with Crippen LogP contribution in [-0.2, 0) is 23.1 Å². The van der Waals surface area contributed by atoms with Crippen molar-refractivity contribution in [3.8, 4) is 0 Å². The average Bonchev–Trinajstić information content (AvgIpc) is 3.23. The van der Waals surface area contributed by atoms with Gasteiger partial charge in [-0.15, -0.1) is 11.3 Å². The van der Waals surface area contributed by atoms with Crippen LogP contribution in [0.1, 0.15) is 22.2 Å². The number of nitrogens with zero attached hydrogens (tertiary/aromatic N) is 4. The first-order valence-electron chi connectivity index (χ1n) is 9.14. The number of rotatable bonds is 7. The smallest absolute Gasteiger partial charge is 0.343 e. The quantitative estimate of drug-likeness (QED) is 0.684. The molecule has 0 radical (unpaired) electrons. The summed E-state index contributed by atoms with van der Waals surface area (Å²) < 4.78 is 7.28. The number of carbonyl (C=O) groups is 2. The molecule has 2 aromatic rings. The number of esters is 1. The maximum atomic E-state index is 12.5. The fraction of sp³-hybridized carbons (Fsp3) is 0.500. The van der Waals surface area contributed by atoms with Gasteiger partial charge in [0.25, 0.3) is 0 Å². The van der Waals surface area contributed by atoms with Crippen LogP contribution in [0.4, 0.5) is 5.82 Å². The number of ether oxygens (including phenoxy) is 1. The highest BCUT2D eigenvalue weighted by Gasteiger charge is 2.22. The van der Waals surface area contributed by atoms with E-state index in [1.807, 2.05) is 6.07 Å². The van der Waals surface area contributed by atoms with Crippen molar-refractivity contribution in [2.75, 3.05) is 44.6 Å². The van der Waals surface area contributed by atoms with E-state index in [9.17, 15) is 9.59 Å². The lowest BCUT2D eigenvalue weighted by Gasteiger charge is -2.34. The van der Waals surface area contributed by atoms with Crippen LogP contribution in [0.15, 0.2) is 18.3 Å². The average molecular weight is 426 g/mol. The molecule has 152 valence electrons. The highest BCUT2D eigenvalue weighted by atomic mass is 35.5. The topological polar surface area (TPSA) is 79.7 Å². The van der Waals surface area contributed by atoms with Crippen molar-refractivity contribution in [3.05, 3.63) is 33.1 Å². The number of thiophene rings is 1. The number of carbonyl (C=O) groups excluding carboxylic acids is 2. The summed E-state index contributed by atoms with van der Waals surface area (Å²) in [5, 5.41) is 6.84. The van der Waals surface area contributed by atoms with Crippen molar-refractivity contribution < 1.29 is 14.3 Å². The van der Waals surface area contributed by atoms with Gasteiger partial charge in [-0.05, 0) is 19.1 Å². The Morgan fingerprint density at radius 1 is 1.25 bits per heavy atom. The van der Waals surface area contributed by atoms with Crippen LogP contribution >= 0.6 is 22.9 Å². The van der Waals surface area contributed by atoms with E-state index in [1.165, 1.54) is 15.8 Å². The Labute approximate surface area is 173 Å². The first-order chi connectivity index (χ1) is 13.5. The molecular weight excluding hydrogens is 402 g/mol. The first kappa shape index (κ1) is 20.8. The SMILES string of the molecule is CCOC(=O)c1cnn(C)c1NC(=O)CN1CCN(Cc2ccc(Cl)s2)CC1. The summed E-state index contributed by atoms with van der Waals surface area (Å²) >= 11 is 7.59. The molecule has 0 bridgehead atoms. The first-order valence-corrected chi connectivity index (χ1v) is 10.3. The Morgan fingerprint density at radius 2 is 1.96 bits per heavy atom. The molecule has 1 fully saturated rings. The molecule has 0 saturated carbocycles. The predicted octanol–water partition coefficient (Wildman–Crippen LogP) is 2.07. The van der Waals surface area contributed by atoms with Crippen LogP contribution in [0.2, 0.25) is 4.34 Å². The van der Waals surface area contributed by atoms with Gasteiger partial charge < -0.3 is 10.1 Å². The molecule has 0 spiro atoms. The minimum Gasteiger partial charge on any atom is -0.462 e.